The van der Waals surface area contributed by atoms with Crippen molar-refractivity contribution in [2.24, 2.45) is 0 Å². The standard InChI is InChI=1S/C18H21N3O3/c1-4-16(22)21-14-7-5-6-13(8-14)18(24)20-10-15-12(3)17(23)11(2)9-19-15/h5-9H,4,10H2,1-3H3,(H,19,23)(H,20,24)(H,21,22). The van der Waals surface area contributed by atoms with E-state index in [0.29, 0.717) is 34.5 Å². The van der Waals surface area contributed by atoms with E-state index in [2.05, 4.69) is 15.6 Å². The third-order valence-electron chi connectivity index (χ3n) is 3.77. The molecule has 0 bridgehead atoms. The van der Waals surface area contributed by atoms with Gasteiger partial charge in [0.15, 0.2) is 5.43 Å². The molecule has 2 rings (SSSR count). The molecule has 2 aromatic rings. The lowest BCUT2D eigenvalue weighted by Crippen LogP contribution is -2.25. The lowest BCUT2D eigenvalue weighted by molar-refractivity contribution is -0.115. The monoisotopic (exact) mass is 327 g/mol. The number of nitrogens with one attached hydrogen (secondary N) is 3. The SMILES string of the molecule is CCC(=O)Nc1cccc(C(=O)NCc2[nH]cc(C)c(=O)c2C)c1. The Morgan fingerprint density at radius 1 is 1.21 bits per heavy atom. The third kappa shape index (κ3) is 4.10. The van der Waals surface area contributed by atoms with Crippen LogP contribution in [0, 0.1) is 13.8 Å². The van der Waals surface area contributed by atoms with Gasteiger partial charge in [0.2, 0.25) is 5.91 Å². The number of aromatic amines is 1. The number of H-pyrrole nitrogens is 1. The van der Waals surface area contributed by atoms with Crippen molar-refractivity contribution in [2.45, 2.75) is 33.7 Å². The van der Waals surface area contributed by atoms with Crippen LogP contribution in [0.15, 0.2) is 35.3 Å². The van der Waals surface area contributed by atoms with Gasteiger partial charge in [0.25, 0.3) is 5.91 Å². The average molecular weight is 327 g/mol. The minimum Gasteiger partial charge on any atom is -0.363 e. The number of hydrogen-bond acceptors (Lipinski definition) is 3. The number of benzene rings is 1. The molecule has 6 heteroatoms. The number of aryl methyl sites for hydroxylation is 1. The summed E-state index contributed by atoms with van der Waals surface area (Å²) in [5.41, 5.74) is 2.91. The van der Waals surface area contributed by atoms with E-state index in [4.69, 9.17) is 0 Å². The van der Waals surface area contributed by atoms with Crippen LogP contribution in [0.1, 0.15) is 40.5 Å². The summed E-state index contributed by atoms with van der Waals surface area (Å²) < 4.78 is 0. The van der Waals surface area contributed by atoms with E-state index in [-0.39, 0.29) is 23.8 Å². The third-order valence-corrected chi connectivity index (χ3v) is 3.77. The summed E-state index contributed by atoms with van der Waals surface area (Å²) in [5, 5.41) is 5.49. The highest BCUT2D eigenvalue weighted by Crippen LogP contribution is 2.11. The number of amides is 2. The molecule has 3 N–H and O–H groups in total. The van der Waals surface area contributed by atoms with Gasteiger partial charge in [-0.3, -0.25) is 14.4 Å². The van der Waals surface area contributed by atoms with Crippen LogP contribution in [0.3, 0.4) is 0 Å². The maximum atomic E-state index is 12.3. The van der Waals surface area contributed by atoms with Gasteiger partial charge in [0, 0.05) is 40.7 Å². The van der Waals surface area contributed by atoms with E-state index < -0.39 is 0 Å². The minimum absolute atomic E-state index is 0.0257. The van der Waals surface area contributed by atoms with Crippen LogP contribution in [0.2, 0.25) is 0 Å². The van der Waals surface area contributed by atoms with Gasteiger partial charge < -0.3 is 15.6 Å². The van der Waals surface area contributed by atoms with E-state index in [1.54, 1.807) is 51.2 Å². The maximum absolute atomic E-state index is 12.3. The number of anilines is 1. The Morgan fingerprint density at radius 3 is 2.67 bits per heavy atom. The smallest absolute Gasteiger partial charge is 0.251 e. The molecule has 24 heavy (non-hydrogen) atoms. The highest BCUT2D eigenvalue weighted by molar-refractivity contribution is 5.97. The molecule has 0 saturated carbocycles. The predicted molar refractivity (Wildman–Crippen MR) is 93.1 cm³/mol. The summed E-state index contributed by atoms with van der Waals surface area (Å²) in [4.78, 5) is 38.6. The van der Waals surface area contributed by atoms with E-state index in [0.717, 1.165) is 0 Å². The molecule has 0 aliphatic rings. The molecule has 0 radical (unpaired) electrons. The van der Waals surface area contributed by atoms with Gasteiger partial charge in [-0.2, -0.15) is 0 Å². The van der Waals surface area contributed by atoms with Gasteiger partial charge >= 0.3 is 0 Å². The van der Waals surface area contributed by atoms with Crippen molar-refractivity contribution in [3.63, 3.8) is 0 Å². The molecule has 0 spiro atoms. The average Bonchev–Trinajstić information content (AvgIpc) is 2.59. The molecule has 126 valence electrons. The van der Waals surface area contributed by atoms with E-state index in [9.17, 15) is 14.4 Å². The van der Waals surface area contributed by atoms with Crippen LogP contribution in [0.4, 0.5) is 5.69 Å². The first kappa shape index (κ1) is 17.5. The molecule has 1 aromatic heterocycles. The van der Waals surface area contributed by atoms with Gasteiger partial charge in [-0.05, 0) is 32.0 Å². The summed E-state index contributed by atoms with van der Waals surface area (Å²) >= 11 is 0. The Labute approximate surface area is 140 Å². The number of hydrogen-bond donors (Lipinski definition) is 3. The molecule has 1 aromatic carbocycles. The van der Waals surface area contributed by atoms with Crippen molar-refractivity contribution in [3.05, 3.63) is 63.1 Å². The zero-order valence-electron chi connectivity index (χ0n) is 14.0. The molecule has 0 fully saturated rings. The molecule has 0 atom stereocenters. The number of carbonyl (C=O) groups is 2. The second kappa shape index (κ2) is 7.59. The van der Waals surface area contributed by atoms with Crippen molar-refractivity contribution in [1.82, 2.24) is 10.3 Å². The van der Waals surface area contributed by atoms with Gasteiger partial charge in [0.1, 0.15) is 0 Å². The maximum Gasteiger partial charge on any atom is 0.251 e. The molecule has 1 heterocycles. The highest BCUT2D eigenvalue weighted by Gasteiger charge is 2.10. The number of aromatic nitrogens is 1. The molecule has 0 unspecified atom stereocenters. The zero-order valence-corrected chi connectivity index (χ0v) is 14.0. The fraction of sp³-hybridized carbons (Fsp3) is 0.278. The summed E-state index contributed by atoms with van der Waals surface area (Å²) in [6.07, 6.45) is 2.01. The molecular formula is C18H21N3O3. The second-order valence-corrected chi connectivity index (χ2v) is 5.57. The van der Waals surface area contributed by atoms with Crippen molar-refractivity contribution in [3.8, 4) is 0 Å². The summed E-state index contributed by atoms with van der Waals surface area (Å²) in [6.45, 7) is 5.46. The Hall–Kier alpha value is -2.89. The molecule has 2 amide bonds. The van der Waals surface area contributed by atoms with Crippen molar-refractivity contribution in [2.75, 3.05) is 5.32 Å². The van der Waals surface area contributed by atoms with Crippen molar-refractivity contribution < 1.29 is 9.59 Å². The van der Waals surface area contributed by atoms with Crippen LogP contribution in [0.25, 0.3) is 0 Å². The topological polar surface area (TPSA) is 91.1 Å². The molecule has 0 aliphatic heterocycles. The molecule has 6 nitrogen and oxygen atoms in total. The summed E-state index contributed by atoms with van der Waals surface area (Å²) in [7, 11) is 0. The van der Waals surface area contributed by atoms with Crippen molar-refractivity contribution >= 4 is 17.5 Å². The first-order valence-corrected chi connectivity index (χ1v) is 7.78. The predicted octanol–water partition coefficient (Wildman–Crippen LogP) is 2.27. The second-order valence-electron chi connectivity index (χ2n) is 5.57. The van der Waals surface area contributed by atoms with Crippen LogP contribution >= 0.6 is 0 Å². The molecule has 0 aliphatic carbocycles. The zero-order chi connectivity index (χ0) is 17.7. The number of pyridine rings is 1. The van der Waals surface area contributed by atoms with Crippen LogP contribution in [0.5, 0.6) is 0 Å². The fourth-order valence-electron chi connectivity index (χ4n) is 2.24. The van der Waals surface area contributed by atoms with E-state index >= 15 is 0 Å². The summed E-state index contributed by atoms with van der Waals surface area (Å²) in [6, 6.07) is 6.72. The highest BCUT2D eigenvalue weighted by atomic mass is 16.2. The Kier molecular flexibility index (Phi) is 5.52. The first-order valence-electron chi connectivity index (χ1n) is 7.78. The minimum atomic E-state index is -0.275. The van der Waals surface area contributed by atoms with Crippen LogP contribution in [-0.4, -0.2) is 16.8 Å². The molecular weight excluding hydrogens is 306 g/mol. The van der Waals surface area contributed by atoms with Gasteiger partial charge in [-0.25, -0.2) is 0 Å². The first-order chi connectivity index (χ1) is 11.4. The van der Waals surface area contributed by atoms with Crippen LogP contribution in [-0.2, 0) is 11.3 Å². The number of carbonyl (C=O) groups excluding carboxylic acids is 2. The molecule has 0 saturated heterocycles. The van der Waals surface area contributed by atoms with Crippen molar-refractivity contribution in [1.29, 1.82) is 0 Å². The van der Waals surface area contributed by atoms with Crippen LogP contribution < -0.4 is 16.1 Å². The Balaban J connectivity index is 2.08. The van der Waals surface area contributed by atoms with E-state index in [1.807, 2.05) is 0 Å². The lowest BCUT2D eigenvalue weighted by atomic mass is 10.1. The Bertz CT molecular complexity index is 824. The lowest BCUT2D eigenvalue weighted by Gasteiger charge is -2.10. The Morgan fingerprint density at radius 2 is 1.96 bits per heavy atom. The number of rotatable bonds is 5. The normalized spacial score (nSPS) is 10.3. The van der Waals surface area contributed by atoms with Gasteiger partial charge in [0.05, 0.1) is 6.54 Å². The van der Waals surface area contributed by atoms with Gasteiger partial charge in [-0.15, -0.1) is 0 Å². The fourth-order valence-corrected chi connectivity index (χ4v) is 2.24. The van der Waals surface area contributed by atoms with E-state index in [1.165, 1.54) is 0 Å². The quantitative estimate of drug-likeness (QED) is 0.787. The van der Waals surface area contributed by atoms with Gasteiger partial charge in [-0.1, -0.05) is 13.0 Å². The summed E-state index contributed by atoms with van der Waals surface area (Å²) in [5.74, 6) is -0.385. The largest absolute Gasteiger partial charge is 0.363 e.